The molecule has 1 unspecified atom stereocenters. The number of nitrogens with one attached hydrogen (secondary N) is 2. The molecule has 2 aliphatic rings. The molecule has 1 heterocycles. The molecule has 1 atom stereocenters. The average molecular weight is 218 g/mol. The molecule has 1 aliphatic heterocycles. The van der Waals surface area contributed by atoms with E-state index in [1.54, 1.807) is 0 Å². The topological polar surface area (TPSA) is 41.1 Å². The molecule has 3 nitrogen and oxygen atoms in total. The summed E-state index contributed by atoms with van der Waals surface area (Å²) < 4.78 is 0. The maximum Gasteiger partial charge on any atom is 0.224 e. The van der Waals surface area contributed by atoms with Gasteiger partial charge in [0.25, 0.3) is 0 Å². The number of carbonyl (C=O) groups is 1. The van der Waals surface area contributed by atoms with Crippen molar-refractivity contribution in [1.82, 2.24) is 10.6 Å². The zero-order chi connectivity index (χ0) is 11.5. The number of allylic oxidation sites excluding steroid dienone is 3. The van der Waals surface area contributed by atoms with Gasteiger partial charge in [0.05, 0.1) is 6.04 Å². The van der Waals surface area contributed by atoms with Crippen molar-refractivity contribution in [3.8, 4) is 0 Å². The summed E-state index contributed by atoms with van der Waals surface area (Å²) in [6.45, 7) is 6.03. The molecule has 2 N–H and O–H groups in total. The van der Waals surface area contributed by atoms with Crippen molar-refractivity contribution in [2.45, 2.75) is 38.6 Å². The van der Waals surface area contributed by atoms with E-state index in [0.717, 1.165) is 30.7 Å². The van der Waals surface area contributed by atoms with Gasteiger partial charge in [-0.25, -0.2) is 0 Å². The number of hydrogen-bond acceptors (Lipinski definition) is 2. The molecule has 0 radical (unpaired) electrons. The van der Waals surface area contributed by atoms with Gasteiger partial charge in [-0.1, -0.05) is 18.2 Å². The van der Waals surface area contributed by atoms with Crippen molar-refractivity contribution in [2.75, 3.05) is 0 Å². The van der Waals surface area contributed by atoms with Crippen LogP contribution in [0, 0.1) is 0 Å². The van der Waals surface area contributed by atoms with Gasteiger partial charge < -0.3 is 10.6 Å². The Bertz CT molecular complexity index is 379. The fourth-order valence-electron chi connectivity index (χ4n) is 2.09. The Morgan fingerprint density at radius 2 is 2.31 bits per heavy atom. The summed E-state index contributed by atoms with van der Waals surface area (Å²) in [5.41, 5.74) is 3.34. The van der Waals surface area contributed by atoms with E-state index in [-0.39, 0.29) is 11.9 Å². The van der Waals surface area contributed by atoms with Gasteiger partial charge in [0.15, 0.2) is 0 Å². The fraction of sp³-hybridized carbons (Fsp3) is 0.462. The molecule has 0 bridgehead atoms. The van der Waals surface area contributed by atoms with Crippen molar-refractivity contribution >= 4 is 5.91 Å². The highest BCUT2D eigenvalue weighted by atomic mass is 16.1. The molecule has 1 amide bonds. The number of rotatable bonds is 2. The third-order valence-corrected chi connectivity index (χ3v) is 3.03. The maximum atomic E-state index is 11.1. The minimum atomic E-state index is 0.0763. The van der Waals surface area contributed by atoms with Gasteiger partial charge >= 0.3 is 0 Å². The maximum absolute atomic E-state index is 11.1. The Balaban J connectivity index is 1.97. The molecule has 1 saturated heterocycles. The zero-order valence-electron chi connectivity index (χ0n) is 9.68. The van der Waals surface area contributed by atoms with Crippen molar-refractivity contribution < 1.29 is 4.79 Å². The van der Waals surface area contributed by atoms with Crippen LogP contribution >= 0.6 is 0 Å². The normalized spacial score (nSPS) is 25.7. The first kappa shape index (κ1) is 11.0. The zero-order valence-corrected chi connectivity index (χ0v) is 9.68. The Labute approximate surface area is 96.3 Å². The van der Waals surface area contributed by atoms with E-state index in [9.17, 15) is 4.79 Å². The molecule has 2 rings (SSSR count). The van der Waals surface area contributed by atoms with Gasteiger partial charge in [-0.15, -0.1) is 0 Å². The standard InChI is InChI=1S/C13H18N2O/c1-9-4-3-5-11(8-9)15-12-6-7-13(16)14-10(12)2/h5,8,12,15H,2-4,6-7H2,1H3,(H,14,16). The Morgan fingerprint density at radius 3 is 3.00 bits per heavy atom. The van der Waals surface area contributed by atoms with E-state index < -0.39 is 0 Å². The van der Waals surface area contributed by atoms with Gasteiger partial charge in [0, 0.05) is 17.8 Å². The van der Waals surface area contributed by atoms with Gasteiger partial charge in [-0.05, 0) is 32.3 Å². The van der Waals surface area contributed by atoms with Crippen molar-refractivity contribution in [3.05, 3.63) is 35.7 Å². The minimum absolute atomic E-state index is 0.0763. The quantitative estimate of drug-likeness (QED) is 0.744. The van der Waals surface area contributed by atoms with Gasteiger partial charge in [0.2, 0.25) is 5.91 Å². The summed E-state index contributed by atoms with van der Waals surface area (Å²) in [4.78, 5) is 11.1. The van der Waals surface area contributed by atoms with Crippen LogP contribution in [0.3, 0.4) is 0 Å². The number of hydrogen-bond donors (Lipinski definition) is 2. The van der Waals surface area contributed by atoms with E-state index in [0.29, 0.717) is 6.42 Å². The summed E-state index contributed by atoms with van der Waals surface area (Å²) in [6.07, 6.45) is 8.02. The van der Waals surface area contributed by atoms with E-state index in [4.69, 9.17) is 0 Å². The predicted octanol–water partition coefficient (Wildman–Crippen LogP) is 1.99. The molecular formula is C13H18N2O. The first-order valence-corrected chi connectivity index (χ1v) is 5.77. The highest BCUT2D eigenvalue weighted by Crippen LogP contribution is 2.18. The van der Waals surface area contributed by atoms with E-state index in [1.165, 1.54) is 5.57 Å². The monoisotopic (exact) mass is 218 g/mol. The lowest BCUT2D eigenvalue weighted by molar-refractivity contribution is -0.121. The molecule has 0 saturated carbocycles. The van der Waals surface area contributed by atoms with E-state index >= 15 is 0 Å². The second-order valence-corrected chi connectivity index (χ2v) is 4.50. The molecule has 3 heteroatoms. The lowest BCUT2D eigenvalue weighted by Gasteiger charge is -2.28. The van der Waals surface area contributed by atoms with Gasteiger partial charge in [-0.3, -0.25) is 4.79 Å². The van der Waals surface area contributed by atoms with Crippen LogP contribution in [0.2, 0.25) is 0 Å². The lowest BCUT2D eigenvalue weighted by Crippen LogP contribution is -2.42. The van der Waals surface area contributed by atoms with Crippen LogP contribution in [0.5, 0.6) is 0 Å². The van der Waals surface area contributed by atoms with Crippen molar-refractivity contribution in [2.24, 2.45) is 0 Å². The third kappa shape index (κ3) is 2.54. The second-order valence-electron chi connectivity index (χ2n) is 4.50. The molecule has 1 fully saturated rings. The fourth-order valence-corrected chi connectivity index (χ4v) is 2.09. The van der Waals surface area contributed by atoms with Crippen LogP contribution in [0.1, 0.15) is 32.6 Å². The minimum Gasteiger partial charge on any atom is -0.377 e. The molecule has 86 valence electrons. The Kier molecular flexibility index (Phi) is 3.13. The molecule has 16 heavy (non-hydrogen) atoms. The summed E-state index contributed by atoms with van der Waals surface area (Å²) in [5.74, 6) is 0.0763. The van der Waals surface area contributed by atoms with Gasteiger partial charge in [0.1, 0.15) is 0 Å². The highest BCUT2D eigenvalue weighted by molar-refractivity contribution is 5.79. The van der Waals surface area contributed by atoms with E-state index in [2.05, 4.69) is 36.3 Å². The van der Waals surface area contributed by atoms with Crippen LogP contribution < -0.4 is 10.6 Å². The SMILES string of the molecule is C=C1NC(=O)CCC1NC1=CCCC(C)=C1. The van der Waals surface area contributed by atoms with E-state index in [1.807, 2.05) is 0 Å². The number of amides is 1. The largest absolute Gasteiger partial charge is 0.377 e. The summed E-state index contributed by atoms with van der Waals surface area (Å²) >= 11 is 0. The first-order chi connectivity index (χ1) is 7.65. The van der Waals surface area contributed by atoms with Crippen molar-refractivity contribution in [1.29, 1.82) is 0 Å². The molecule has 0 aromatic rings. The van der Waals surface area contributed by atoms with Crippen molar-refractivity contribution in [3.63, 3.8) is 0 Å². The molecule has 1 aliphatic carbocycles. The number of piperidine rings is 1. The first-order valence-electron chi connectivity index (χ1n) is 5.77. The average Bonchev–Trinajstić information content (AvgIpc) is 2.22. The highest BCUT2D eigenvalue weighted by Gasteiger charge is 2.21. The van der Waals surface area contributed by atoms with Crippen LogP contribution in [0.25, 0.3) is 0 Å². The van der Waals surface area contributed by atoms with Crippen LogP contribution in [0.4, 0.5) is 0 Å². The molecule has 0 spiro atoms. The van der Waals surface area contributed by atoms with Gasteiger partial charge in [-0.2, -0.15) is 0 Å². The number of carbonyl (C=O) groups excluding carboxylic acids is 1. The summed E-state index contributed by atoms with van der Waals surface area (Å²) in [5, 5.41) is 6.22. The predicted molar refractivity (Wildman–Crippen MR) is 64.5 cm³/mol. The smallest absolute Gasteiger partial charge is 0.224 e. The van der Waals surface area contributed by atoms with Crippen LogP contribution in [-0.2, 0) is 4.79 Å². The molecule has 0 aromatic heterocycles. The Morgan fingerprint density at radius 1 is 1.50 bits per heavy atom. The summed E-state index contributed by atoms with van der Waals surface area (Å²) in [6, 6.07) is 0.172. The third-order valence-electron chi connectivity index (χ3n) is 3.03. The van der Waals surface area contributed by atoms with Crippen LogP contribution in [0.15, 0.2) is 35.7 Å². The molecular weight excluding hydrogens is 200 g/mol. The second kappa shape index (κ2) is 4.56. The lowest BCUT2D eigenvalue weighted by atomic mass is 10.0. The molecule has 0 aromatic carbocycles. The Hall–Kier alpha value is -1.51. The van der Waals surface area contributed by atoms with Crippen LogP contribution in [-0.4, -0.2) is 11.9 Å². The summed E-state index contributed by atoms with van der Waals surface area (Å²) in [7, 11) is 0.